The van der Waals surface area contributed by atoms with E-state index in [0.29, 0.717) is 25.3 Å². The fourth-order valence-corrected chi connectivity index (χ4v) is 3.86. The predicted molar refractivity (Wildman–Crippen MR) is 96.8 cm³/mol. The number of hydrogen-bond acceptors (Lipinski definition) is 5. The Kier molecular flexibility index (Phi) is 4.27. The number of morpholine rings is 1. The maximum Gasteiger partial charge on any atom is 0.255 e. The average Bonchev–Trinajstić information content (AvgIpc) is 3.30. The molecular formula is C18H20N4O2S. The van der Waals surface area contributed by atoms with E-state index in [0.717, 1.165) is 15.9 Å². The number of thiophene rings is 1. The summed E-state index contributed by atoms with van der Waals surface area (Å²) in [6.45, 7) is 5.85. The molecule has 0 aliphatic carbocycles. The van der Waals surface area contributed by atoms with E-state index in [1.54, 1.807) is 23.7 Å². The molecule has 1 aliphatic heterocycles. The number of fused-ring (bicyclic) bond motifs is 1. The molecule has 4 rings (SSSR count). The van der Waals surface area contributed by atoms with Crippen LogP contribution in [-0.2, 0) is 4.74 Å². The van der Waals surface area contributed by atoms with Gasteiger partial charge in [-0.15, -0.1) is 11.3 Å². The zero-order valence-electron chi connectivity index (χ0n) is 14.3. The summed E-state index contributed by atoms with van der Waals surface area (Å²) < 4.78 is 7.69. The summed E-state index contributed by atoms with van der Waals surface area (Å²) in [6, 6.07) is 6.18. The quantitative estimate of drug-likeness (QED) is 0.722. The number of nitrogens with zero attached hydrogens (tertiary/aromatic N) is 4. The highest BCUT2D eigenvalue weighted by molar-refractivity contribution is 7.10. The highest BCUT2D eigenvalue weighted by atomic mass is 32.1. The molecule has 0 aromatic carbocycles. The Labute approximate surface area is 150 Å². The Bertz CT molecular complexity index is 888. The molecule has 1 fully saturated rings. The van der Waals surface area contributed by atoms with E-state index in [2.05, 4.69) is 30.0 Å². The summed E-state index contributed by atoms with van der Waals surface area (Å²) in [4.78, 5) is 20.4. The van der Waals surface area contributed by atoms with Gasteiger partial charge in [0.05, 0.1) is 24.9 Å². The Morgan fingerprint density at radius 1 is 1.40 bits per heavy atom. The van der Waals surface area contributed by atoms with Crippen molar-refractivity contribution >= 4 is 28.3 Å². The first-order valence-electron chi connectivity index (χ1n) is 8.41. The Morgan fingerprint density at radius 3 is 3.04 bits per heavy atom. The van der Waals surface area contributed by atoms with Crippen molar-refractivity contribution in [1.82, 2.24) is 19.7 Å². The van der Waals surface area contributed by atoms with E-state index >= 15 is 0 Å². The number of aromatic nitrogens is 3. The van der Waals surface area contributed by atoms with Gasteiger partial charge in [-0.2, -0.15) is 5.10 Å². The molecule has 0 bridgehead atoms. The number of carbonyl (C=O) groups excluding carboxylic acids is 1. The summed E-state index contributed by atoms with van der Waals surface area (Å²) in [5, 5.41) is 7.29. The van der Waals surface area contributed by atoms with Crippen LogP contribution >= 0.6 is 11.3 Å². The average molecular weight is 356 g/mol. The molecule has 1 aliphatic rings. The first-order chi connectivity index (χ1) is 12.1. The number of pyridine rings is 1. The van der Waals surface area contributed by atoms with E-state index < -0.39 is 0 Å². The first kappa shape index (κ1) is 16.2. The highest BCUT2D eigenvalue weighted by Gasteiger charge is 2.27. The lowest BCUT2D eigenvalue weighted by Crippen LogP contribution is -2.42. The maximum atomic E-state index is 12.9. The van der Waals surface area contributed by atoms with Crippen LogP contribution < -0.4 is 0 Å². The molecule has 0 N–H and O–H groups in total. The van der Waals surface area contributed by atoms with Gasteiger partial charge in [0, 0.05) is 29.0 Å². The summed E-state index contributed by atoms with van der Waals surface area (Å²) in [7, 11) is 0. The van der Waals surface area contributed by atoms with Crippen LogP contribution in [0, 0.1) is 0 Å². The number of carbonyl (C=O) groups is 1. The summed E-state index contributed by atoms with van der Waals surface area (Å²) in [6.07, 6.45) is 3.38. The van der Waals surface area contributed by atoms with Crippen LogP contribution in [0.15, 0.2) is 36.0 Å². The van der Waals surface area contributed by atoms with Crippen molar-refractivity contribution in [2.75, 3.05) is 19.7 Å². The molecule has 7 heteroatoms. The molecule has 3 aromatic heterocycles. The van der Waals surface area contributed by atoms with E-state index in [1.165, 1.54) is 0 Å². The molecule has 1 amide bonds. The lowest BCUT2D eigenvalue weighted by Gasteiger charge is -2.32. The molecule has 6 nitrogen and oxygen atoms in total. The highest BCUT2D eigenvalue weighted by Crippen LogP contribution is 2.27. The minimum atomic E-state index is -0.0434. The van der Waals surface area contributed by atoms with Gasteiger partial charge in [0.15, 0.2) is 5.65 Å². The molecule has 25 heavy (non-hydrogen) atoms. The first-order valence-corrected chi connectivity index (χ1v) is 9.29. The van der Waals surface area contributed by atoms with Gasteiger partial charge < -0.3 is 9.64 Å². The van der Waals surface area contributed by atoms with Crippen molar-refractivity contribution in [2.45, 2.75) is 26.0 Å². The minimum absolute atomic E-state index is 0.00319. The van der Waals surface area contributed by atoms with Gasteiger partial charge in [-0.05, 0) is 31.4 Å². The molecular weight excluding hydrogens is 336 g/mol. The van der Waals surface area contributed by atoms with Crippen LogP contribution in [0.5, 0.6) is 0 Å². The Balaban J connectivity index is 1.57. The van der Waals surface area contributed by atoms with Crippen LogP contribution in [0.3, 0.4) is 0 Å². The van der Waals surface area contributed by atoms with Crippen molar-refractivity contribution in [3.63, 3.8) is 0 Å². The summed E-state index contributed by atoms with van der Waals surface area (Å²) in [5.74, 6) is -0.00319. The van der Waals surface area contributed by atoms with Gasteiger partial charge in [0.2, 0.25) is 0 Å². The normalized spacial score (nSPS) is 18.2. The molecule has 0 radical (unpaired) electrons. The summed E-state index contributed by atoms with van der Waals surface area (Å²) in [5.41, 5.74) is 1.41. The molecule has 4 heterocycles. The second kappa shape index (κ2) is 6.57. The largest absolute Gasteiger partial charge is 0.369 e. The van der Waals surface area contributed by atoms with Crippen molar-refractivity contribution < 1.29 is 9.53 Å². The van der Waals surface area contributed by atoms with E-state index in [-0.39, 0.29) is 18.1 Å². The molecule has 0 saturated carbocycles. The fourth-order valence-electron chi connectivity index (χ4n) is 3.10. The number of ether oxygens (including phenoxy) is 1. The van der Waals surface area contributed by atoms with Crippen LogP contribution in [-0.4, -0.2) is 45.3 Å². The molecule has 130 valence electrons. The molecule has 0 spiro atoms. The third-order valence-corrected chi connectivity index (χ3v) is 5.35. The van der Waals surface area contributed by atoms with Crippen molar-refractivity contribution in [1.29, 1.82) is 0 Å². The van der Waals surface area contributed by atoms with E-state index in [4.69, 9.17) is 4.74 Å². The Morgan fingerprint density at radius 2 is 2.28 bits per heavy atom. The lowest BCUT2D eigenvalue weighted by atomic mass is 10.1. The topological polar surface area (TPSA) is 60.2 Å². The standard InChI is InChI=1S/C18H20N4O2S/c1-12(2)22-17-13(10-20-22)8-14(9-19-17)18(23)21-5-6-24-15(11-21)16-4-3-7-25-16/h3-4,7-10,12,15H,5-6,11H2,1-2H3. The van der Waals surface area contributed by atoms with Crippen LogP contribution in [0.1, 0.15) is 41.2 Å². The van der Waals surface area contributed by atoms with Gasteiger partial charge >= 0.3 is 0 Å². The fraction of sp³-hybridized carbons (Fsp3) is 0.389. The van der Waals surface area contributed by atoms with Gasteiger partial charge in [0.25, 0.3) is 5.91 Å². The second-order valence-corrected chi connectivity index (χ2v) is 7.43. The molecule has 1 saturated heterocycles. The van der Waals surface area contributed by atoms with Crippen LogP contribution in [0.25, 0.3) is 11.0 Å². The lowest BCUT2D eigenvalue weighted by molar-refractivity contribution is -0.0211. The van der Waals surface area contributed by atoms with Crippen molar-refractivity contribution in [3.8, 4) is 0 Å². The molecule has 3 aromatic rings. The zero-order valence-corrected chi connectivity index (χ0v) is 15.1. The van der Waals surface area contributed by atoms with Gasteiger partial charge in [0.1, 0.15) is 6.10 Å². The monoisotopic (exact) mass is 356 g/mol. The van der Waals surface area contributed by atoms with E-state index in [1.807, 2.05) is 27.1 Å². The SMILES string of the molecule is CC(C)n1ncc2cc(C(=O)N3CCOC(c4cccs4)C3)cnc21. The number of rotatable bonds is 3. The van der Waals surface area contributed by atoms with Gasteiger partial charge in [-0.1, -0.05) is 6.07 Å². The van der Waals surface area contributed by atoms with Gasteiger partial charge in [-0.25, -0.2) is 9.67 Å². The van der Waals surface area contributed by atoms with E-state index in [9.17, 15) is 4.79 Å². The van der Waals surface area contributed by atoms with Crippen LogP contribution in [0.2, 0.25) is 0 Å². The number of hydrogen-bond donors (Lipinski definition) is 0. The second-order valence-electron chi connectivity index (χ2n) is 6.45. The maximum absolute atomic E-state index is 12.9. The molecule has 1 unspecified atom stereocenters. The van der Waals surface area contributed by atoms with Crippen molar-refractivity contribution in [2.24, 2.45) is 0 Å². The number of amides is 1. The van der Waals surface area contributed by atoms with Crippen LogP contribution in [0.4, 0.5) is 0 Å². The molecule has 1 atom stereocenters. The van der Waals surface area contributed by atoms with Crippen molar-refractivity contribution in [3.05, 3.63) is 46.4 Å². The minimum Gasteiger partial charge on any atom is -0.369 e. The Hall–Kier alpha value is -2.25. The third kappa shape index (κ3) is 3.05. The predicted octanol–water partition coefficient (Wildman–Crippen LogP) is 3.29. The third-order valence-electron chi connectivity index (χ3n) is 4.38. The smallest absolute Gasteiger partial charge is 0.255 e. The van der Waals surface area contributed by atoms with Gasteiger partial charge in [-0.3, -0.25) is 4.79 Å². The zero-order chi connectivity index (χ0) is 17.4. The summed E-state index contributed by atoms with van der Waals surface area (Å²) >= 11 is 1.66.